The largest absolute Gasteiger partial charge is 0.462 e. The van der Waals surface area contributed by atoms with E-state index in [9.17, 15) is 4.79 Å². The van der Waals surface area contributed by atoms with Crippen LogP contribution in [0.3, 0.4) is 0 Å². The molecule has 0 N–H and O–H groups in total. The third kappa shape index (κ3) is 3.95. The highest BCUT2D eigenvalue weighted by molar-refractivity contribution is 7.99. The van der Waals surface area contributed by atoms with E-state index >= 15 is 0 Å². The number of aromatic nitrogens is 2. The third-order valence-electron chi connectivity index (χ3n) is 4.82. The molecule has 0 aliphatic heterocycles. The number of esters is 1. The van der Waals surface area contributed by atoms with Gasteiger partial charge in [0.25, 0.3) is 0 Å². The van der Waals surface area contributed by atoms with E-state index in [-0.39, 0.29) is 5.97 Å². The van der Waals surface area contributed by atoms with E-state index in [1.807, 2.05) is 44.2 Å². The van der Waals surface area contributed by atoms with Crippen molar-refractivity contribution in [2.24, 2.45) is 0 Å². The summed E-state index contributed by atoms with van der Waals surface area (Å²) in [6.07, 6.45) is 2.11. The third-order valence-corrected chi connectivity index (χ3v) is 6.24. The number of hydrogen-bond acceptors (Lipinski definition) is 4. The van der Waals surface area contributed by atoms with Crippen molar-refractivity contribution in [1.29, 1.82) is 0 Å². The van der Waals surface area contributed by atoms with Gasteiger partial charge in [0.15, 0.2) is 0 Å². The second-order valence-electron chi connectivity index (χ2n) is 6.93. The van der Waals surface area contributed by atoms with Crippen molar-refractivity contribution in [3.05, 3.63) is 82.8 Å². The quantitative estimate of drug-likeness (QED) is 0.260. The van der Waals surface area contributed by atoms with Gasteiger partial charge in [-0.15, -0.1) is 0 Å². The molecule has 2 aromatic carbocycles. The number of aryl methyl sites for hydroxylation is 2. The molecule has 4 aromatic rings. The topological polar surface area (TPSA) is 44.1 Å². The molecule has 0 amide bonds. The Morgan fingerprint density at radius 3 is 2.73 bits per heavy atom. The number of halogens is 1. The molecule has 4 nitrogen and oxygen atoms in total. The first-order valence-corrected chi connectivity index (χ1v) is 10.9. The van der Waals surface area contributed by atoms with E-state index in [4.69, 9.17) is 16.3 Å². The van der Waals surface area contributed by atoms with Crippen LogP contribution in [0.4, 0.5) is 0 Å². The van der Waals surface area contributed by atoms with Crippen molar-refractivity contribution in [2.75, 3.05) is 6.61 Å². The number of carbonyl (C=O) groups excluding carboxylic acids is 1. The minimum absolute atomic E-state index is 0.305. The SMILES string of the molecule is CCOC(=O)c1cccc(Sc2cn(-c3cc(C)c(Cl)nc3C)c3ccccc23)c1. The van der Waals surface area contributed by atoms with Crippen molar-refractivity contribution < 1.29 is 9.53 Å². The Kier molecular flexibility index (Phi) is 5.84. The predicted molar refractivity (Wildman–Crippen MR) is 122 cm³/mol. The molecule has 152 valence electrons. The summed E-state index contributed by atoms with van der Waals surface area (Å²) in [5.74, 6) is -0.305. The molecular weight excluding hydrogens is 416 g/mol. The lowest BCUT2D eigenvalue weighted by Gasteiger charge is -2.10. The Morgan fingerprint density at radius 1 is 1.13 bits per heavy atom. The van der Waals surface area contributed by atoms with E-state index in [1.54, 1.807) is 24.8 Å². The van der Waals surface area contributed by atoms with Gasteiger partial charge in [0.05, 0.1) is 29.1 Å². The summed E-state index contributed by atoms with van der Waals surface area (Å²) < 4.78 is 7.28. The summed E-state index contributed by atoms with van der Waals surface area (Å²) in [5.41, 5.74) is 4.45. The zero-order valence-electron chi connectivity index (χ0n) is 17.0. The molecule has 0 aliphatic carbocycles. The van der Waals surface area contributed by atoms with Crippen LogP contribution in [0.2, 0.25) is 5.15 Å². The summed E-state index contributed by atoms with van der Waals surface area (Å²) in [4.78, 5) is 18.7. The van der Waals surface area contributed by atoms with Gasteiger partial charge < -0.3 is 9.30 Å². The maximum atomic E-state index is 12.1. The van der Waals surface area contributed by atoms with Crippen molar-refractivity contribution in [1.82, 2.24) is 9.55 Å². The summed E-state index contributed by atoms with van der Waals surface area (Å²) in [6.45, 7) is 6.09. The predicted octanol–water partition coefficient (Wildman–Crippen LogP) is 6.62. The lowest BCUT2D eigenvalue weighted by molar-refractivity contribution is 0.0526. The molecule has 2 aromatic heterocycles. The molecule has 2 heterocycles. The van der Waals surface area contributed by atoms with Gasteiger partial charge in [-0.1, -0.05) is 47.6 Å². The smallest absolute Gasteiger partial charge is 0.338 e. The van der Waals surface area contributed by atoms with E-state index in [1.165, 1.54) is 0 Å². The molecule has 0 aliphatic rings. The van der Waals surface area contributed by atoms with Gasteiger partial charge in [-0.2, -0.15) is 0 Å². The number of benzene rings is 2. The molecule has 30 heavy (non-hydrogen) atoms. The van der Waals surface area contributed by atoms with Gasteiger partial charge >= 0.3 is 5.97 Å². The molecular formula is C24H21ClN2O2S. The highest BCUT2D eigenvalue weighted by Crippen LogP contribution is 2.37. The summed E-state index contributed by atoms with van der Waals surface area (Å²) in [6, 6.07) is 17.8. The molecule has 4 rings (SSSR count). The maximum Gasteiger partial charge on any atom is 0.338 e. The van der Waals surface area contributed by atoms with Gasteiger partial charge in [-0.05, 0) is 56.7 Å². The molecule has 0 spiro atoms. The van der Waals surface area contributed by atoms with Gasteiger partial charge in [-0.25, -0.2) is 9.78 Å². The van der Waals surface area contributed by atoms with Crippen LogP contribution in [0.15, 0.2) is 70.6 Å². The Hall–Kier alpha value is -2.76. The lowest BCUT2D eigenvalue weighted by Crippen LogP contribution is -2.04. The van der Waals surface area contributed by atoms with Crippen LogP contribution in [0, 0.1) is 13.8 Å². The van der Waals surface area contributed by atoms with Gasteiger partial charge in [-0.3, -0.25) is 0 Å². The number of hydrogen-bond donors (Lipinski definition) is 0. The Bertz CT molecular complexity index is 1250. The van der Waals surface area contributed by atoms with Gasteiger partial charge in [0.2, 0.25) is 0 Å². The number of para-hydroxylation sites is 1. The van der Waals surface area contributed by atoms with Crippen LogP contribution >= 0.6 is 23.4 Å². The van der Waals surface area contributed by atoms with E-state index < -0.39 is 0 Å². The van der Waals surface area contributed by atoms with E-state index in [0.717, 1.165) is 37.6 Å². The summed E-state index contributed by atoms with van der Waals surface area (Å²) in [5, 5.41) is 1.66. The van der Waals surface area contributed by atoms with Crippen LogP contribution in [0.1, 0.15) is 28.5 Å². The fraction of sp³-hybridized carbons (Fsp3) is 0.167. The minimum Gasteiger partial charge on any atom is -0.462 e. The highest BCUT2D eigenvalue weighted by Gasteiger charge is 2.15. The van der Waals surface area contributed by atoms with Crippen LogP contribution in [-0.4, -0.2) is 22.1 Å². The number of pyridine rings is 1. The molecule has 6 heteroatoms. The van der Waals surface area contributed by atoms with E-state index in [2.05, 4.69) is 33.9 Å². The average Bonchev–Trinajstić information content (AvgIpc) is 3.09. The van der Waals surface area contributed by atoms with Crippen LogP contribution in [-0.2, 0) is 4.74 Å². The van der Waals surface area contributed by atoms with Gasteiger partial charge in [0, 0.05) is 21.4 Å². The van der Waals surface area contributed by atoms with Crippen molar-refractivity contribution >= 4 is 40.2 Å². The molecule has 0 atom stereocenters. The lowest BCUT2D eigenvalue weighted by atomic mass is 10.2. The normalized spacial score (nSPS) is 11.1. The zero-order valence-corrected chi connectivity index (χ0v) is 18.6. The molecule has 0 fully saturated rings. The Morgan fingerprint density at radius 2 is 1.93 bits per heavy atom. The molecule has 0 radical (unpaired) electrons. The number of ether oxygens (including phenoxy) is 1. The van der Waals surface area contributed by atoms with Crippen molar-refractivity contribution in [2.45, 2.75) is 30.6 Å². The number of fused-ring (bicyclic) bond motifs is 1. The summed E-state index contributed by atoms with van der Waals surface area (Å²) >= 11 is 7.83. The number of nitrogens with zero attached hydrogens (tertiary/aromatic N) is 2. The molecule has 0 saturated carbocycles. The zero-order chi connectivity index (χ0) is 21.3. The first-order valence-electron chi connectivity index (χ1n) is 9.67. The number of carbonyl (C=O) groups is 1. The second-order valence-corrected chi connectivity index (χ2v) is 8.40. The standard InChI is InChI=1S/C24H21ClN2O2S/c1-4-29-24(28)17-8-7-9-18(13-17)30-22-14-27(20-11-6-5-10-19(20)22)21-12-15(2)23(25)26-16(21)3/h5-14H,4H2,1-3H3. The summed E-state index contributed by atoms with van der Waals surface area (Å²) in [7, 11) is 0. The van der Waals surface area contributed by atoms with Crippen LogP contribution < -0.4 is 0 Å². The van der Waals surface area contributed by atoms with Crippen molar-refractivity contribution in [3.63, 3.8) is 0 Å². The first kappa shape index (κ1) is 20.5. The van der Waals surface area contributed by atoms with Crippen molar-refractivity contribution in [3.8, 4) is 5.69 Å². The average molecular weight is 437 g/mol. The van der Waals surface area contributed by atoms with Gasteiger partial charge in [0.1, 0.15) is 5.15 Å². The molecule has 0 bridgehead atoms. The Balaban J connectivity index is 1.78. The first-order chi connectivity index (χ1) is 14.5. The van der Waals surface area contributed by atoms with Crippen LogP contribution in [0.5, 0.6) is 0 Å². The molecule has 0 saturated heterocycles. The fourth-order valence-electron chi connectivity index (χ4n) is 3.36. The second kappa shape index (κ2) is 8.54. The Labute approximate surface area is 184 Å². The molecule has 0 unspecified atom stereocenters. The fourth-order valence-corrected chi connectivity index (χ4v) is 4.57. The monoisotopic (exact) mass is 436 g/mol. The van der Waals surface area contributed by atoms with E-state index in [0.29, 0.717) is 17.3 Å². The van der Waals surface area contributed by atoms with Crippen LogP contribution in [0.25, 0.3) is 16.6 Å². The number of rotatable bonds is 5. The highest BCUT2D eigenvalue weighted by atomic mass is 35.5. The maximum absolute atomic E-state index is 12.1. The minimum atomic E-state index is -0.305.